The van der Waals surface area contributed by atoms with E-state index in [-0.39, 0.29) is 11.4 Å². The molecule has 0 aliphatic rings. The van der Waals surface area contributed by atoms with Gasteiger partial charge in [0.15, 0.2) is 0 Å². The molecule has 1 aromatic heterocycles. The van der Waals surface area contributed by atoms with E-state index in [1.807, 2.05) is 13.0 Å². The third-order valence-corrected chi connectivity index (χ3v) is 5.16. The van der Waals surface area contributed by atoms with Crippen molar-refractivity contribution in [2.45, 2.75) is 32.7 Å². The number of methoxy groups -OCH3 is 1. The van der Waals surface area contributed by atoms with Crippen LogP contribution in [0.5, 0.6) is 11.6 Å². The molecule has 0 bridgehead atoms. The van der Waals surface area contributed by atoms with Crippen LogP contribution < -0.4 is 10.1 Å². The summed E-state index contributed by atoms with van der Waals surface area (Å²) in [5, 5.41) is 6.53. The third kappa shape index (κ3) is 5.36. The van der Waals surface area contributed by atoms with Crippen LogP contribution >= 0.6 is 0 Å². The number of nitrogens with one attached hydrogen (secondary N) is 1. The quantitative estimate of drug-likeness (QED) is 0.482. The molecule has 2 aromatic carbocycles. The second-order valence-corrected chi connectivity index (χ2v) is 7.40. The molecular formula is C24H25F2N3O4. The Morgan fingerprint density at radius 2 is 1.85 bits per heavy atom. The van der Waals surface area contributed by atoms with Crippen molar-refractivity contribution < 1.29 is 27.8 Å². The number of halogens is 2. The topological polar surface area (TPSA) is 82.4 Å². The van der Waals surface area contributed by atoms with E-state index in [1.165, 1.54) is 14.2 Å². The third-order valence-electron chi connectivity index (χ3n) is 5.16. The molecule has 0 spiro atoms. The highest BCUT2D eigenvalue weighted by molar-refractivity contribution is 5.98. The molecule has 3 rings (SSSR count). The van der Waals surface area contributed by atoms with E-state index in [0.29, 0.717) is 16.9 Å². The van der Waals surface area contributed by atoms with Gasteiger partial charge < -0.3 is 14.8 Å². The average molecular weight is 457 g/mol. The van der Waals surface area contributed by atoms with Gasteiger partial charge in [0.1, 0.15) is 17.0 Å². The minimum absolute atomic E-state index is 0.0794. The number of rotatable bonds is 8. The summed E-state index contributed by atoms with van der Waals surface area (Å²) in [5.41, 5.74) is 1.05. The summed E-state index contributed by atoms with van der Waals surface area (Å²) in [6.07, 6.45) is -2.20. The molecule has 1 N–H and O–H groups in total. The van der Waals surface area contributed by atoms with E-state index in [9.17, 15) is 18.4 Å². The van der Waals surface area contributed by atoms with Gasteiger partial charge in [0.25, 0.3) is 12.3 Å². The summed E-state index contributed by atoms with van der Waals surface area (Å²) in [6.45, 7) is 3.69. The summed E-state index contributed by atoms with van der Waals surface area (Å²) in [7, 11) is 2.72. The highest BCUT2D eigenvalue weighted by Crippen LogP contribution is 2.33. The maximum Gasteiger partial charge on any atom is 0.337 e. The van der Waals surface area contributed by atoms with Crippen LogP contribution in [0.25, 0.3) is 0 Å². The molecule has 0 fully saturated rings. The predicted molar refractivity (Wildman–Crippen MR) is 118 cm³/mol. The van der Waals surface area contributed by atoms with Crippen molar-refractivity contribution in [3.8, 4) is 11.6 Å². The second kappa shape index (κ2) is 10.2. The van der Waals surface area contributed by atoms with Crippen LogP contribution in [-0.2, 0) is 18.2 Å². The fraction of sp³-hybridized carbons (Fsp3) is 0.292. The van der Waals surface area contributed by atoms with Crippen molar-refractivity contribution in [1.82, 2.24) is 15.1 Å². The fourth-order valence-corrected chi connectivity index (χ4v) is 3.33. The summed E-state index contributed by atoms with van der Waals surface area (Å²) in [4.78, 5) is 24.7. The molecule has 174 valence electrons. The molecule has 0 saturated heterocycles. The van der Waals surface area contributed by atoms with Crippen molar-refractivity contribution in [2.24, 2.45) is 7.05 Å². The van der Waals surface area contributed by atoms with Crippen LogP contribution in [0.15, 0.2) is 48.5 Å². The van der Waals surface area contributed by atoms with Crippen LogP contribution in [0.4, 0.5) is 8.78 Å². The molecule has 3 aromatic rings. The van der Waals surface area contributed by atoms with Gasteiger partial charge in [-0.3, -0.25) is 4.79 Å². The molecule has 0 radical (unpaired) electrons. The number of amides is 1. The highest BCUT2D eigenvalue weighted by atomic mass is 19.3. The van der Waals surface area contributed by atoms with Gasteiger partial charge >= 0.3 is 5.97 Å². The Balaban J connectivity index is 1.88. The first kappa shape index (κ1) is 23.9. The van der Waals surface area contributed by atoms with Crippen molar-refractivity contribution in [1.29, 1.82) is 0 Å². The summed E-state index contributed by atoms with van der Waals surface area (Å²) < 4.78 is 39.0. The van der Waals surface area contributed by atoms with Gasteiger partial charge in [-0.2, -0.15) is 5.10 Å². The van der Waals surface area contributed by atoms with Crippen molar-refractivity contribution in [2.75, 3.05) is 7.11 Å². The minimum Gasteiger partial charge on any atom is -0.465 e. The zero-order valence-corrected chi connectivity index (χ0v) is 18.8. The molecule has 1 amide bonds. The number of carbonyl (C=O) groups is 2. The normalized spacial score (nSPS) is 11.8. The van der Waals surface area contributed by atoms with Gasteiger partial charge in [-0.25, -0.2) is 18.3 Å². The first-order valence-electron chi connectivity index (χ1n) is 10.4. The molecule has 0 aliphatic carbocycles. The molecule has 7 nitrogen and oxygen atoms in total. The maximum atomic E-state index is 13.7. The van der Waals surface area contributed by atoms with E-state index in [1.54, 1.807) is 49.4 Å². The lowest BCUT2D eigenvalue weighted by molar-refractivity contribution is 0.0600. The van der Waals surface area contributed by atoms with Crippen molar-refractivity contribution >= 4 is 11.9 Å². The van der Waals surface area contributed by atoms with Crippen molar-refractivity contribution in [3.63, 3.8) is 0 Å². The molecule has 1 atom stereocenters. The number of aromatic nitrogens is 2. The number of hydrogen-bond donors (Lipinski definition) is 1. The van der Waals surface area contributed by atoms with Crippen LogP contribution in [0, 0.1) is 0 Å². The number of alkyl halides is 2. The fourth-order valence-electron chi connectivity index (χ4n) is 3.33. The standard InChI is InChI=1S/C24H25F2N3O4/c1-5-15-7-6-8-18(13-15)33-23-19(20(21(25)26)28-29(23)3)22(30)27-14(2)16-9-11-17(12-10-16)24(31)32-4/h6-14,21H,5H2,1-4H3,(H,27,30)/t14-/m0/s1. The summed E-state index contributed by atoms with van der Waals surface area (Å²) in [6, 6.07) is 13.1. The Morgan fingerprint density at radius 1 is 1.15 bits per heavy atom. The Labute approximate surface area is 190 Å². The highest BCUT2D eigenvalue weighted by Gasteiger charge is 2.30. The average Bonchev–Trinajstić information content (AvgIpc) is 3.15. The van der Waals surface area contributed by atoms with Gasteiger partial charge in [0, 0.05) is 7.05 Å². The number of hydrogen-bond acceptors (Lipinski definition) is 5. The monoisotopic (exact) mass is 457 g/mol. The van der Waals surface area contributed by atoms with Crippen LogP contribution in [0.3, 0.4) is 0 Å². The zero-order valence-electron chi connectivity index (χ0n) is 18.8. The molecule has 0 saturated carbocycles. The van der Waals surface area contributed by atoms with E-state index in [4.69, 9.17) is 4.74 Å². The van der Waals surface area contributed by atoms with E-state index in [0.717, 1.165) is 16.7 Å². The lowest BCUT2D eigenvalue weighted by atomic mass is 10.1. The molecular weight excluding hydrogens is 432 g/mol. The lowest BCUT2D eigenvalue weighted by Crippen LogP contribution is -2.27. The lowest BCUT2D eigenvalue weighted by Gasteiger charge is -2.16. The van der Waals surface area contributed by atoms with Gasteiger partial charge in [-0.05, 0) is 48.7 Å². The van der Waals surface area contributed by atoms with E-state index in [2.05, 4.69) is 15.2 Å². The van der Waals surface area contributed by atoms with Gasteiger partial charge in [0.05, 0.1) is 18.7 Å². The zero-order chi connectivity index (χ0) is 24.1. The molecule has 9 heteroatoms. The molecule has 0 unspecified atom stereocenters. The smallest absolute Gasteiger partial charge is 0.337 e. The maximum absolute atomic E-state index is 13.7. The Morgan fingerprint density at radius 3 is 2.45 bits per heavy atom. The van der Waals surface area contributed by atoms with E-state index >= 15 is 0 Å². The second-order valence-electron chi connectivity index (χ2n) is 7.40. The number of nitrogens with zero attached hydrogens (tertiary/aromatic N) is 2. The largest absolute Gasteiger partial charge is 0.465 e. The predicted octanol–water partition coefficient (Wildman–Crippen LogP) is 4.99. The van der Waals surface area contributed by atoms with Gasteiger partial charge in [0.2, 0.25) is 5.88 Å². The molecule has 33 heavy (non-hydrogen) atoms. The summed E-state index contributed by atoms with van der Waals surface area (Å²) in [5.74, 6) is -0.892. The van der Waals surface area contributed by atoms with Crippen molar-refractivity contribution in [3.05, 3.63) is 76.5 Å². The van der Waals surface area contributed by atoms with Gasteiger partial charge in [-0.1, -0.05) is 31.2 Å². The van der Waals surface area contributed by atoms with Gasteiger partial charge in [-0.15, -0.1) is 0 Å². The van der Waals surface area contributed by atoms with Crippen LogP contribution in [0.1, 0.15) is 63.9 Å². The van der Waals surface area contributed by atoms with Crippen LogP contribution in [0.2, 0.25) is 0 Å². The summed E-state index contributed by atoms with van der Waals surface area (Å²) >= 11 is 0. The SMILES string of the molecule is CCc1cccc(Oc2c(C(=O)N[C@@H](C)c3ccc(C(=O)OC)cc3)c(C(F)F)nn2C)c1. The van der Waals surface area contributed by atoms with Crippen LogP contribution in [-0.4, -0.2) is 28.8 Å². The Bertz CT molecular complexity index is 1140. The Kier molecular flexibility index (Phi) is 7.42. The first-order valence-corrected chi connectivity index (χ1v) is 10.4. The first-order chi connectivity index (χ1) is 15.7. The number of benzene rings is 2. The molecule has 1 heterocycles. The number of carbonyl (C=O) groups excluding carboxylic acids is 2. The van der Waals surface area contributed by atoms with E-state index < -0.39 is 30.0 Å². The number of aryl methyl sites for hydroxylation is 2. The Hall–Kier alpha value is -3.75. The number of ether oxygens (including phenoxy) is 2. The minimum atomic E-state index is -2.97. The molecule has 0 aliphatic heterocycles. The number of esters is 1.